The van der Waals surface area contributed by atoms with E-state index in [-0.39, 0.29) is 10.5 Å². The SMILES string of the molecule is Cc1cc(-c2cc(S(C)(=O)=O)ccc2OCC2CC2)nn(C)c1=O. The fourth-order valence-electron chi connectivity index (χ4n) is 2.45. The van der Waals surface area contributed by atoms with Crippen molar-refractivity contribution in [3.8, 4) is 17.0 Å². The molecule has 0 N–H and O–H groups in total. The van der Waals surface area contributed by atoms with Crippen LogP contribution >= 0.6 is 0 Å². The van der Waals surface area contributed by atoms with Gasteiger partial charge in [-0.05, 0) is 49.9 Å². The number of hydrogen-bond donors (Lipinski definition) is 0. The van der Waals surface area contributed by atoms with Crippen molar-refractivity contribution >= 4 is 9.84 Å². The molecule has 7 heteroatoms. The zero-order chi connectivity index (χ0) is 17.5. The molecule has 1 heterocycles. The van der Waals surface area contributed by atoms with Crippen LogP contribution in [0, 0.1) is 12.8 Å². The number of aromatic nitrogens is 2. The van der Waals surface area contributed by atoms with Gasteiger partial charge in [-0.3, -0.25) is 4.79 Å². The number of nitrogens with zero attached hydrogens (tertiary/aromatic N) is 2. The third-order valence-corrected chi connectivity index (χ3v) is 5.18. The number of ether oxygens (including phenoxy) is 1. The molecule has 1 aromatic carbocycles. The summed E-state index contributed by atoms with van der Waals surface area (Å²) >= 11 is 0. The first-order valence-electron chi connectivity index (χ1n) is 7.78. The van der Waals surface area contributed by atoms with E-state index in [9.17, 15) is 13.2 Å². The van der Waals surface area contributed by atoms with Crippen LogP contribution in [0.1, 0.15) is 18.4 Å². The Balaban J connectivity index is 2.12. The lowest BCUT2D eigenvalue weighted by molar-refractivity contribution is 0.300. The van der Waals surface area contributed by atoms with Crippen LogP contribution in [-0.4, -0.2) is 31.1 Å². The average molecular weight is 348 g/mol. The molecule has 24 heavy (non-hydrogen) atoms. The minimum Gasteiger partial charge on any atom is -0.493 e. The fourth-order valence-corrected chi connectivity index (χ4v) is 3.09. The van der Waals surface area contributed by atoms with E-state index in [1.165, 1.54) is 10.7 Å². The third-order valence-electron chi connectivity index (χ3n) is 4.07. The van der Waals surface area contributed by atoms with Gasteiger partial charge in [-0.25, -0.2) is 13.1 Å². The average Bonchev–Trinajstić information content (AvgIpc) is 3.33. The van der Waals surface area contributed by atoms with Crippen molar-refractivity contribution < 1.29 is 13.2 Å². The van der Waals surface area contributed by atoms with Crippen LogP contribution < -0.4 is 10.3 Å². The fraction of sp³-hybridized carbons (Fsp3) is 0.412. The Kier molecular flexibility index (Phi) is 4.21. The van der Waals surface area contributed by atoms with E-state index < -0.39 is 9.84 Å². The molecule has 0 aliphatic heterocycles. The van der Waals surface area contributed by atoms with Gasteiger partial charge in [-0.2, -0.15) is 5.10 Å². The highest BCUT2D eigenvalue weighted by Crippen LogP contribution is 2.34. The number of benzene rings is 1. The van der Waals surface area contributed by atoms with Crippen LogP contribution in [0.25, 0.3) is 11.3 Å². The lowest BCUT2D eigenvalue weighted by Crippen LogP contribution is -2.22. The van der Waals surface area contributed by atoms with Crippen LogP contribution in [0.15, 0.2) is 34.0 Å². The third kappa shape index (κ3) is 3.51. The number of sulfone groups is 1. The molecular formula is C17H20N2O4S. The Labute approximate surface area is 141 Å². The van der Waals surface area contributed by atoms with Crippen molar-refractivity contribution in [2.24, 2.45) is 13.0 Å². The lowest BCUT2D eigenvalue weighted by atomic mass is 10.1. The van der Waals surface area contributed by atoms with Crippen molar-refractivity contribution in [2.75, 3.05) is 12.9 Å². The molecule has 0 radical (unpaired) electrons. The monoisotopic (exact) mass is 348 g/mol. The molecule has 0 atom stereocenters. The van der Waals surface area contributed by atoms with Gasteiger partial charge >= 0.3 is 0 Å². The summed E-state index contributed by atoms with van der Waals surface area (Å²) in [5.74, 6) is 1.15. The van der Waals surface area contributed by atoms with Gasteiger partial charge in [0, 0.05) is 24.4 Å². The summed E-state index contributed by atoms with van der Waals surface area (Å²) in [7, 11) is -1.78. The lowest BCUT2D eigenvalue weighted by Gasteiger charge is -2.13. The van der Waals surface area contributed by atoms with Crippen LogP contribution in [0.4, 0.5) is 0 Å². The summed E-state index contributed by atoms with van der Waals surface area (Å²) < 4.78 is 30.9. The maximum Gasteiger partial charge on any atom is 0.269 e. The van der Waals surface area contributed by atoms with Crippen molar-refractivity contribution in [1.29, 1.82) is 0 Å². The molecule has 3 rings (SSSR count). The molecule has 1 saturated carbocycles. The van der Waals surface area contributed by atoms with Crippen molar-refractivity contribution in [3.63, 3.8) is 0 Å². The second kappa shape index (κ2) is 6.05. The second-order valence-corrected chi connectivity index (χ2v) is 8.34. The highest BCUT2D eigenvalue weighted by atomic mass is 32.2. The van der Waals surface area contributed by atoms with E-state index >= 15 is 0 Å². The predicted octanol–water partition coefficient (Wildman–Crippen LogP) is 1.95. The first-order valence-corrected chi connectivity index (χ1v) is 9.67. The summed E-state index contributed by atoms with van der Waals surface area (Å²) in [6.45, 7) is 2.31. The summed E-state index contributed by atoms with van der Waals surface area (Å²) in [6.07, 6.45) is 3.48. The molecular weight excluding hydrogens is 328 g/mol. The Morgan fingerprint density at radius 1 is 1.29 bits per heavy atom. The molecule has 1 aromatic heterocycles. The molecule has 6 nitrogen and oxygen atoms in total. The van der Waals surface area contributed by atoms with Gasteiger partial charge in [0.25, 0.3) is 5.56 Å². The van der Waals surface area contributed by atoms with Gasteiger partial charge in [0.2, 0.25) is 0 Å². The molecule has 0 amide bonds. The Hall–Kier alpha value is -2.15. The Morgan fingerprint density at radius 3 is 2.58 bits per heavy atom. The second-order valence-electron chi connectivity index (χ2n) is 6.33. The van der Waals surface area contributed by atoms with Crippen LogP contribution in [-0.2, 0) is 16.9 Å². The number of aryl methyl sites for hydroxylation is 2. The van der Waals surface area contributed by atoms with E-state index in [2.05, 4.69) is 5.10 Å². The first-order chi connectivity index (χ1) is 11.3. The summed E-state index contributed by atoms with van der Waals surface area (Å²) in [6, 6.07) is 6.42. The van der Waals surface area contributed by atoms with E-state index in [0.717, 1.165) is 19.1 Å². The molecule has 0 bridgehead atoms. The molecule has 128 valence electrons. The number of rotatable bonds is 5. The van der Waals surface area contributed by atoms with E-state index in [1.54, 1.807) is 32.2 Å². The highest BCUT2D eigenvalue weighted by molar-refractivity contribution is 7.90. The Bertz CT molecular complexity index is 917. The summed E-state index contributed by atoms with van der Waals surface area (Å²) in [4.78, 5) is 12.1. The van der Waals surface area contributed by atoms with Gasteiger partial charge < -0.3 is 4.74 Å². The van der Waals surface area contributed by atoms with Crippen LogP contribution in [0.3, 0.4) is 0 Å². The molecule has 0 saturated heterocycles. The first kappa shape index (κ1) is 16.7. The summed E-state index contributed by atoms with van der Waals surface area (Å²) in [5.41, 5.74) is 1.46. The predicted molar refractivity (Wildman–Crippen MR) is 91.0 cm³/mol. The van der Waals surface area contributed by atoms with Gasteiger partial charge in [-0.15, -0.1) is 0 Å². The van der Waals surface area contributed by atoms with E-state index in [1.807, 2.05) is 0 Å². The largest absolute Gasteiger partial charge is 0.493 e. The van der Waals surface area contributed by atoms with Crippen LogP contribution in [0.2, 0.25) is 0 Å². The maximum absolute atomic E-state index is 11.9. The standard InChI is InChI=1S/C17H20N2O4S/c1-11-8-15(18-19(2)17(11)20)14-9-13(24(3,21)22)6-7-16(14)23-10-12-4-5-12/h6-9,12H,4-5,10H2,1-3H3. The van der Waals surface area contributed by atoms with E-state index in [0.29, 0.717) is 35.1 Å². The minimum atomic E-state index is -3.35. The van der Waals surface area contributed by atoms with Crippen LogP contribution in [0.5, 0.6) is 5.75 Å². The zero-order valence-corrected chi connectivity index (χ0v) is 14.8. The normalized spacial score (nSPS) is 14.6. The maximum atomic E-state index is 11.9. The molecule has 0 unspecified atom stereocenters. The zero-order valence-electron chi connectivity index (χ0n) is 13.9. The van der Waals surface area contributed by atoms with Crippen molar-refractivity contribution in [2.45, 2.75) is 24.7 Å². The minimum absolute atomic E-state index is 0.182. The van der Waals surface area contributed by atoms with Crippen molar-refractivity contribution in [3.05, 3.63) is 40.2 Å². The molecule has 2 aromatic rings. The molecule has 0 spiro atoms. The van der Waals surface area contributed by atoms with Gasteiger partial charge in [0.05, 0.1) is 17.2 Å². The highest BCUT2D eigenvalue weighted by Gasteiger charge is 2.23. The summed E-state index contributed by atoms with van der Waals surface area (Å²) in [5, 5.41) is 4.26. The molecule has 1 aliphatic carbocycles. The smallest absolute Gasteiger partial charge is 0.269 e. The number of hydrogen-bond acceptors (Lipinski definition) is 5. The molecule has 1 fully saturated rings. The van der Waals surface area contributed by atoms with Gasteiger partial charge in [0.1, 0.15) is 5.75 Å². The Morgan fingerprint density at radius 2 is 2.00 bits per heavy atom. The van der Waals surface area contributed by atoms with Gasteiger partial charge in [-0.1, -0.05) is 0 Å². The van der Waals surface area contributed by atoms with Crippen molar-refractivity contribution in [1.82, 2.24) is 9.78 Å². The molecule has 1 aliphatic rings. The topological polar surface area (TPSA) is 78.3 Å². The quantitative estimate of drug-likeness (QED) is 0.825. The van der Waals surface area contributed by atoms with E-state index in [4.69, 9.17) is 4.74 Å². The van der Waals surface area contributed by atoms with Gasteiger partial charge in [0.15, 0.2) is 9.84 Å².